The van der Waals surface area contributed by atoms with E-state index in [-0.39, 0.29) is 0 Å². The number of methoxy groups -OCH3 is 1. The molecular formula is C13H19NO2. The van der Waals surface area contributed by atoms with Gasteiger partial charge in [-0.3, -0.25) is 4.90 Å². The number of likely N-dealkylation sites (tertiary alicyclic amines) is 1. The Bertz CT molecular complexity index is 340. The molecule has 1 heterocycles. The molecule has 1 aromatic carbocycles. The summed E-state index contributed by atoms with van der Waals surface area (Å²) in [7, 11) is 1.76. The van der Waals surface area contributed by atoms with Crippen molar-refractivity contribution in [2.45, 2.75) is 13.0 Å². The van der Waals surface area contributed by atoms with Gasteiger partial charge in [-0.2, -0.15) is 0 Å². The fourth-order valence-corrected chi connectivity index (χ4v) is 2.31. The van der Waals surface area contributed by atoms with Crippen LogP contribution < -0.4 is 0 Å². The smallest absolute Gasteiger partial charge is 0.120 e. The first-order valence-electron chi connectivity index (χ1n) is 5.77. The van der Waals surface area contributed by atoms with Gasteiger partial charge in [0.25, 0.3) is 0 Å². The Morgan fingerprint density at radius 2 is 2.25 bits per heavy atom. The van der Waals surface area contributed by atoms with E-state index in [0.717, 1.165) is 31.8 Å². The molecule has 0 spiro atoms. The first-order valence-corrected chi connectivity index (χ1v) is 5.77. The lowest BCUT2D eigenvalue weighted by Crippen LogP contribution is -2.21. The molecule has 3 nitrogen and oxygen atoms in total. The van der Waals surface area contributed by atoms with Crippen LogP contribution in [0.4, 0.5) is 0 Å². The number of hydrogen-bond acceptors (Lipinski definition) is 3. The number of benzene rings is 1. The van der Waals surface area contributed by atoms with Gasteiger partial charge in [0.2, 0.25) is 0 Å². The minimum absolute atomic E-state index is 0.401. The molecule has 88 valence electrons. The Hall–Kier alpha value is -1.06. The highest BCUT2D eigenvalue weighted by Crippen LogP contribution is 2.22. The summed E-state index contributed by atoms with van der Waals surface area (Å²) in [5.74, 6) is 1.05. The Kier molecular flexibility index (Phi) is 3.80. The van der Waals surface area contributed by atoms with Gasteiger partial charge in [-0.25, -0.2) is 0 Å². The van der Waals surface area contributed by atoms with E-state index < -0.39 is 0 Å². The van der Waals surface area contributed by atoms with E-state index in [9.17, 15) is 5.11 Å². The number of para-hydroxylation sites is 1. The SMILES string of the molecule is COCC1CCN(Cc2ccccc2O)C1. The number of aromatic hydroxyl groups is 1. The third kappa shape index (κ3) is 2.74. The Morgan fingerprint density at radius 3 is 3.00 bits per heavy atom. The van der Waals surface area contributed by atoms with Crippen LogP contribution in [-0.2, 0) is 11.3 Å². The van der Waals surface area contributed by atoms with Crippen molar-refractivity contribution in [3.05, 3.63) is 29.8 Å². The number of phenolic OH excluding ortho intramolecular Hbond substituents is 1. The maximum absolute atomic E-state index is 9.69. The van der Waals surface area contributed by atoms with Crippen molar-refractivity contribution < 1.29 is 9.84 Å². The third-order valence-corrected chi connectivity index (χ3v) is 3.16. The average Bonchev–Trinajstić information content (AvgIpc) is 2.70. The zero-order chi connectivity index (χ0) is 11.4. The molecule has 1 unspecified atom stereocenters. The first kappa shape index (κ1) is 11.4. The minimum Gasteiger partial charge on any atom is -0.508 e. The van der Waals surface area contributed by atoms with E-state index in [2.05, 4.69) is 4.90 Å². The van der Waals surface area contributed by atoms with Crippen LogP contribution in [0.5, 0.6) is 5.75 Å². The van der Waals surface area contributed by atoms with Crippen molar-refractivity contribution >= 4 is 0 Å². The van der Waals surface area contributed by atoms with E-state index in [4.69, 9.17) is 4.74 Å². The largest absolute Gasteiger partial charge is 0.508 e. The van der Waals surface area contributed by atoms with Crippen molar-refractivity contribution in [3.63, 3.8) is 0 Å². The predicted octanol–water partition coefficient (Wildman–Crippen LogP) is 1.86. The Balaban J connectivity index is 1.90. The maximum Gasteiger partial charge on any atom is 0.120 e. The maximum atomic E-state index is 9.69. The van der Waals surface area contributed by atoms with Crippen molar-refractivity contribution in [1.82, 2.24) is 4.90 Å². The summed E-state index contributed by atoms with van der Waals surface area (Å²) in [6, 6.07) is 7.56. The predicted molar refractivity (Wildman–Crippen MR) is 63.4 cm³/mol. The second-order valence-corrected chi connectivity index (χ2v) is 4.47. The van der Waals surface area contributed by atoms with Crippen molar-refractivity contribution in [2.75, 3.05) is 26.8 Å². The normalized spacial score (nSPS) is 21.4. The van der Waals surface area contributed by atoms with Gasteiger partial charge < -0.3 is 9.84 Å². The molecule has 0 aromatic heterocycles. The number of ether oxygens (including phenoxy) is 1. The van der Waals surface area contributed by atoms with Crippen LogP contribution >= 0.6 is 0 Å². The van der Waals surface area contributed by atoms with Crippen LogP contribution in [0.15, 0.2) is 24.3 Å². The molecule has 1 aliphatic rings. The van der Waals surface area contributed by atoms with Crippen LogP contribution in [0.1, 0.15) is 12.0 Å². The molecule has 1 saturated heterocycles. The van der Waals surface area contributed by atoms with Gasteiger partial charge in [-0.05, 0) is 24.9 Å². The summed E-state index contributed by atoms with van der Waals surface area (Å²) in [4.78, 5) is 2.37. The van der Waals surface area contributed by atoms with Gasteiger partial charge >= 0.3 is 0 Å². The molecule has 1 fully saturated rings. The number of phenols is 1. The minimum atomic E-state index is 0.401. The van der Waals surface area contributed by atoms with Gasteiger partial charge in [-0.15, -0.1) is 0 Å². The Morgan fingerprint density at radius 1 is 1.44 bits per heavy atom. The highest BCUT2D eigenvalue weighted by atomic mass is 16.5. The van der Waals surface area contributed by atoms with Crippen LogP contribution in [0.25, 0.3) is 0 Å². The summed E-state index contributed by atoms with van der Waals surface area (Å²) in [5.41, 5.74) is 1.01. The highest BCUT2D eigenvalue weighted by molar-refractivity contribution is 5.31. The van der Waals surface area contributed by atoms with E-state index in [1.165, 1.54) is 6.42 Å². The molecule has 1 aliphatic heterocycles. The third-order valence-electron chi connectivity index (χ3n) is 3.16. The molecular weight excluding hydrogens is 202 g/mol. The van der Waals surface area contributed by atoms with Gasteiger partial charge in [0.15, 0.2) is 0 Å². The standard InChI is InChI=1S/C13H19NO2/c1-16-10-11-6-7-14(8-11)9-12-4-2-3-5-13(12)15/h2-5,11,15H,6-10H2,1H3. The quantitative estimate of drug-likeness (QED) is 0.842. The second kappa shape index (κ2) is 5.32. The molecule has 16 heavy (non-hydrogen) atoms. The molecule has 0 aliphatic carbocycles. The van der Waals surface area contributed by atoms with Crippen LogP contribution in [0.2, 0.25) is 0 Å². The summed E-state index contributed by atoms with van der Waals surface area (Å²) >= 11 is 0. The van der Waals surface area contributed by atoms with Crippen LogP contribution in [-0.4, -0.2) is 36.8 Å². The molecule has 3 heteroatoms. The summed E-state index contributed by atoms with van der Waals surface area (Å²) in [6.45, 7) is 3.86. The highest BCUT2D eigenvalue weighted by Gasteiger charge is 2.22. The molecule has 0 bridgehead atoms. The number of nitrogens with zero attached hydrogens (tertiary/aromatic N) is 1. The number of hydrogen-bond donors (Lipinski definition) is 1. The lowest BCUT2D eigenvalue weighted by atomic mass is 10.1. The monoisotopic (exact) mass is 221 g/mol. The van der Waals surface area contributed by atoms with E-state index in [0.29, 0.717) is 11.7 Å². The van der Waals surface area contributed by atoms with Crippen molar-refractivity contribution in [2.24, 2.45) is 5.92 Å². The molecule has 1 atom stereocenters. The zero-order valence-corrected chi connectivity index (χ0v) is 9.72. The Labute approximate surface area is 96.6 Å². The van der Waals surface area contributed by atoms with E-state index in [1.807, 2.05) is 18.2 Å². The number of rotatable bonds is 4. The molecule has 0 radical (unpaired) electrons. The zero-order valence-electron chi connectivity index (χ0n) is 9.72. The van der Waals surface area contributed by atoms with E-state index in [1.54, 1.807) is 13.2 Å². The first-order chi connectivity index (χ1) is 7.79. The topological polar surface area (TPSA) is 32.7 Å². The van der Waals surface area contributed by atoms with Gasteiger partial charge in [-0.1, -0.05) is 18.2 Å². The van der Waals surface area contributed by atoms with E-state index >= 15 is 0 Å². The molecule has 2 rings (SSSR count). The van der Waals surface area contributed by atoms with Gasteiger partial charge in [0.1, 0.15) is 5.75 Å². The summed E-state index contributed by atoms with van der Waals surface area (Å²) < 4.78 is 5.17. The van der Waals surface area contributed by atoms with Gasteiger partial charge in [0.05, 0.1) is 6.61 Å². The average molecular weight is 221 g/mol. The summed E-state index contributed by atoms with van der Waals surface area (Å²) in [6.07, 6.45) is 1.20. The lowest BCUT2D eigenvalue weighted by molar-refractivity contribution is 0.152. The van der Waals surface area contributed by atoms with Crippen LogP contribution in [0.3, 0.4) is 0 Å². The van der Waals surface area contributed by atoms with Crippen molar-refractivity contribution in [3.8, 4) is 5.75 Å². The lowest BCUT2D eigenvalue weighted by Gasteiger charge is -2.16. The molecule has 1 N–H and O–H groups in total. The molecule has 0 saturated carbocycles. The van der Waals surface area contributed by atoms with Crippen LogP contribution in [0, 0.1) is 5.92 Å². The second-order valence-electron chi connectivity index (χ2n) is 4.47. The van der Waals surface area contributed by atoms with Crippen molar-refractivity contribution in [1.29, 1.82) is 0 Å². The fraction of sp³-hybridized carbons (Fsp3) is 0.538. The summed E-state index contributed by atoms with van der Waals surface area (Å²) in [5, 5.41) is 9.69. The molecule has 0 amide bonds. The van der Waals surface area contributed by atoms with Gasteiger partial charge in [0, 0.05) is 25.8 Å². The fourth-order valence-electron chi connectivity index (χ4n) is 2.31. The molecule has 1 aromatic rings.